The summed E-state index contributed by atoms with van der Waals surface area (Å²) < 4.78 is 39.9. The standard InChI is InChI=1S/C18H20O5S/c1-14-2-8-18(9-3-14)24(19,20)23-11-10-15-4-6-16(7-5-15)21-12-17-13-22-17/h2-9,17H,10-13H2,1H3/t17-/m1/s1. The van der Waals surface area contributed by atoms with Crippen molar-refractivity contribution in [2.75, 3.05) is 19.8 Å². The molecule has 6 heteroatoms. The lowest BCUT2D eigenvalue weighted by atomic mass is 10.1. The highest BCUT2D eigenvalue weighted by Gasteiger charge is 2.23. The maximum atomic E-state index is 12.1. The summed E-state index contributed by atoms with van der Waals surface area (Å²) in [6.07, 6.45) is 0.738. The highest BCUT2D eigenvalue weighted by molar-refractivity contribution is 7.86. The molecule has 128 valence electrons. The minimum absolute atomic E-state index is 0.103. The molecule has 0 aliphatic carbocycles. The van der Waals surface area contributed by atoms with E-state index in [1.165, 1.54) is 0 Å². The van der Waals surface area contributed by atoms with Crippen LogP contribution < -0.4 is 4.74 Å². The van der Waals surface area contributed by atoms with Crippen LogP contribution in [0.2, 0.25) is 0 Å². The molecule has 5 nitrogen and oxygen atoms in total. The molecule has 0 radical (unpaired) electrons. The smallest absolute Gasteiger partial charge is 0.296 e. The van der Waals surface area contributed by atoms with Crippen LogP contribution in [0.5, 0.6) is 5.75 Å². The fourth-order valence-corrected chi connectivity index (χ4v) is 3.06. The number of epoxide rings is 1. The molecular weight excluding hydrogens is 328 g/mol. The van der Waals surface area contributed by atoms with Gasteiger partial charge in [0.1, 0.15) is 18.5 Å². The molecule has 1 heterocycles. The summed E-state index contributed by atoms with van der Waals surface area (Å²) in [5, 5.41) is 0. The molecule has 3 rings (SSSR count). The molecule has 0 amide bonds. The second-order valence-corrected chi connectivity index (χ2v) is 7.36. The zero-order valence-corrected chi connectivity index (χ0v) is 14.3. The van der Waals surface area contributed by atoms with Gasteiger partial charge >= 0.3 is 0 Å². The first kappa shape index (κ1) is 17.0. The van der Waals surface area contributed by atoms with Crippen LogP contribution in [0.4, 0.5) is 0 Å². The van der Waals surface area contributed by atoms with Crippen LogP contribution in [0.1, 0.15) is 11.1 Å². The fraction of sp³-hybridized carbons (Fsp3) is 0.333. The maximum absolute atomic E-state index is 12.1. The van der Waals surface area contributed by atoms with Gasteiger partial charge in [-0.1, -0.05) is 29.8 Å². The molecular formula is C18H20O5S. The summed E-state index contributed by atoms with van der Waals surface area (Å²) in [5.41, 5.74) is 1.99. The Morgan fingerprint density at radius 1 is 1.08 bits per heavy atom. The minimum Gasteiger partial charge on any atom is -0.491 e. The Kier molecular flexibility index (Phi) is 5.18. The van der Waals surface area contributed by atoms with Crippen molar-refractivity contribution in [1.29, 1.82) is 0 Å². The van der Waals surface area contributed by atoms with Crippen molar-refractivity contribution in [2.24, 2.45) is 0 Å². The minimum atomic E-state index is -3.71. The summed E-state index contributed by atoms with van der Waals surface area (Å²) in [5.74, 6) is 0.780. The topological polar surface area (TPSA) is 65.1 Å². The Morgan fingerprint density at radius 2 is 1.75 bits per heavy atom. The van der Waals surface area contributed by atoms with Crippen LogP contribution in [0.15, 0.2) is 53.4 Å². The van der Waals surface area contributed by atoms with Crippen molar-refractivity contribution < 1.29 is 22.1 Å². The Bertz CT molecular complexity index is 762. The number of hydrogen-bond acceptors (Lipinski definition) is 5. The first-order chi connectivity index (χ1) is 11.5. The molecule has 2 aromatic rings. The molecule has 0 spiro atoms. The predicted molar refractivity (Wildman–Crippen MR) is 89.7 cm³/mol. The molecule has 1 aliphatic heterocycles. The summed E-state index contributed by atoms with van der Waals surface area (Å²) in [6.45, 7) is 3.34. The molecule has 1 atom stereocenters. The van der Waals surface area contributed by atoms with Crippen LogP contribution in [0.3, 0.4) is 0 Å². The Balaban J connectivity index is 1.49. The van der Waals surface area contributed by atoms with Gasteiger partial charge in [0.15, 0.2) is 0 Å². The summed E-state index contributed by atoms with van der Waals surface area (Å²) in [6, 6.07) is 14.2. The normalized spacial score (nSPS) is 16.8. The largest absolute Gasteiger partial charge is 0.491 e. The summed E-state index contributed by atoms with van der Waals surface area (Å²) in [7, 11) is -3.71. The summed E-state index contributed by atoms with van der Waals surface area (Å²) in [4.78, 5) is 0.180. The van der Waals surface area contributed by atoms with Crippen LogP contribution in [0.25, 0.3) is 0 Å². The first-order valence-electron chi connectivity index (χ1n) is 7.82. The Labute approximate surface area is 142 Å². The van der Waals surface area contributed by atoms with Crippen LogP contribution in [0, 0.1) is 6.92 Å². The third kappa shape index (κ3) is 4.80. The zero-order valence-electron chi connectivity index (χ0n) is 13.5. The fourth-order valence-electron chi connectivity index (χ4n) is 2.15. The van der Waals surface area contributed by atoms with Crippen molar-refractivity contribution >= 4 is 10.1 Å². The Morgan fingerprint density at radius 3 is 2.38 bits per heavy atom. The second kappa shape index (κ2) is 7.34. The first-order valence-corrected chi connectivity index (χ1v) is 9.23. The Hall–Kier alpha value is -1.89. The van der Waals surface area contributed by atoms with E-state index in [0.29, 0.717) is 13.0 Å². The van der Waals surface area contributed by atoms with Gasteiger partial charge in [0.25, 0.3) is 10.1 Å². The van der Waals surface area contributed by atoms with Gasteiger partial charge < -0.3 is 9.47 Å². The van der Waals surface area contributed by atoms with E-state index >= 15 is 0 Å². The van der Waals surface area contributed by atoms with E-state index in [-0.39, 0.29) is 17.6 Å². The number of ether oxygens (including phenoxy) is 2. The van der Waals surface area contributed by atoms with E-state index in [1.54, 1.807) is 24.3 Å². The van der Waals surface area contributed by atoms with Crippen molar-refractivity contribution in [3.63, 3.8) is 0 Å². The lowest BCUT2D eigenvalue weighted by Crippen LogP contribution is -2.09. The lowest BCUT2D eigenvalue weighted by molar-refractivity contribution is 0.263. The monoisotopic (exact) mass is 348 g/mol. The van der Waals surface area contributed by atoms with Crippen LogP contribution >= 0.6 is 0 Å². The number of hydrogen-bond donors (Lipinski definition) is 0. The van der Waals surface area contributed by atoms with Crippen molar-refractivity contribution in [3.05, 3.63) is 59.7 Å². The molecule has 0 aromatic heterocycles. The molecule has 0 bridgehead atoms. The average Bonchev–Trinajstić information content (AvgIpc) is 3.39. The van der Waals surface area contributed by atoms with Crippen molar-refractivity contribution in [1.82, 2.24) is 0 Å². The zero-order chi connectivity index (χ0) is 17.0. The van der Waals surface area contributed by atoms with Gasteiger partial charge in [0.2, 0.25) is 0 Å². The van der Waals surface area contributed by atoms with Crippen LogP contribution in [-0.2, 0) is 25.5 Å². The van der Waals surface area contributed by atoms with Gasteiger partial charge in [0, 0.05) is 0 Å². The van der Waals surface area contributed by atoms with Crippen molar-refractivity contribution in [3.8, 4) is 5.75 Å². The van der Waals surface area contributed by atoms with Gasteiger partial charge in [-0.2, -0.15) is 8.42 Å². The molecule has 0 unspecified atom stereocenters. The molecule has 2 aromatic carbocycles. The van der Waals surface area contributed by atoms with Crippen molar-refractivity contribution in [2.45, 2.75) is 24.3 Å². The maximum Gasteiger partial charge on any atom is 0.296 e. The van der Waals surface area contributed by atoms with Gasteiger partial charge in [-0.15, -0.1) is 0 Å². The lowest BCUT2D eigenvalue weighted by Gasteiger charge is -2.07. The van der Waals surface area contributed by atoms with Gasteiger partial charge in [-0.25, -0.2) is 0 Å². The van der Waals surface area contributed by atoms with E-state index in [4.69, 9.17) is 13.7 Å². The van der Waals surface area contributed by atoms with E-state index in [9.17, 15) is 8.42 Å². The second-order valence-electron chi connectivity index (χ2n) is 5.75. The van der Waals surface area contributed by atoms with Gasteiger partial charge in [-0.3, -0.25) is 4.18 Å². The quantitative estimate of drug-likeness (QED) is 0.542. The van der Waals surface area contributed by atoms with Crippen LogP contribution in [-0.4, -0.2) is 34.3 Å². The van der Waals surface area contributed by atoms with Gasteiger partial charge in [-0.05, 0) is 43.2 Å². The SMILES string of the molecule is Cc1ccc(S(=O)(=O)OCCc2ccc(OC[C@@H]3CO3)cc2)cc1. The molecule has 0 saturated carbocycles. The number of aryl methyl sites for hydroxylation is 1. The van der Waals surface area contributed by atoms with Gasteiger partial charge in [0.05, 0.1) is 18.1 Å². The third-order valence-corrected chi connectivity index (χ3v) is 5.03. The molecule has 24 heavy (non-hydrogen) atoms. The number of benzene rings is 2. The van der Waals surface area contributed by atoms with E-state index in [0.717, 1.165) is 23.5 Å². The highest BCUT2D eigenvalue weighted by Crippen LogP contribution is 2.17. The number of rotatable bonds is 8. The average molecular weight is 348 g/mol. The van der Waals surface area contributed by atoms with E-state index < -0.39 is 10.1 Å². The molecule has 1 aliphatic rings. The van der Waals surface area contributed by atoms with E-state index in [1.807, 2.05) is 31.2 Å². The summed E-state index contributed by atoms with van der Waals surface area (Å²) >= 11 is 0. The predicted octanol–water partition coefficient (Wildman–Crippen LogP) is 2.72. The molecule has 1 saturated heterocycles. The molecule has 1 fully saturated rings. The highest BCUT2D eigenvalue weighted by atomic mass is 32.2. The molecule has 0 N–H and O–H groups in total. The van der Waals surface area contributed by atoms with E-state index in [2.05, 4.69) is 0 Å². The third-order valence-electron chi connectivity index (χ3n) is 3.70.